The number of nitrogens with zero attached hydrogens (tertiary/aromatic N) is 4. The van der Waals surface area contributed by atoms with Gasteiger partial charge in [-0.15, -0.1) is 0 Å². The summed E-state index contributed by atoms with van der Waals surface area (Å²) in [4.78, 5) is 17.4. The predicted octanol–water partition coefficient (Wildman–Crippen LogP) is 2.46. The molecule has 0 aliphatic heterocycles. The Bertz CT molecular complexity index is 959. The topological polar surface area (TPSA) is 129 Å². The average Bonchev–Trinajstić information content (AvgIpc) is 2.79. The third-order valence-corrected chi connectivity index (χ3v) is 4.21. The molecule has 0 spiro atoms. The molecule has 10 nitrogen and oxygen atoms in total. The summed E-state index contributed by atoms with van der Waals surface area (Å²) in [6, 6.07) is 7.28. The first-order chi connectivity index (χ1) is 14.7. The molecule has 3 rings (SSSR count). The zero-order valence-corrected chi connectivity index (χ0v) is 17.2. The van der Waals surface area contributed by atoms with E-state index in [2.05, 4.69) is 30.6 Å². The molecule has 10 heteroatoms. The van der Waals surface area contributed by atoms with E-state index in [0.29, 0.717) is 53.6 Å². The standard InChI is InChI=1S/C20H25N7O3/c1-28-15-10-13(11-16(29-2)17(15)30-3)26-20-25-12-24-19(27-20)14-6-4-8-22-18(14)23-9-5-7-21/h4,6,8,10-12H,5,7,9,21H2,1-3H3,(H,22,23)(H,24,25,26,27). The zero-order valence-electron chi connectivity index (χ0n) is 17.2. The van der Waals surface area contributed by atoms with Crippen LogP contribution in [0.15, 0.2) is 36.8 Å². The van der Waals surface area contributed by atoms with Gasteiger partial charge in [0.15, 0.2) is 17.3 Å². The van der Waals surface area contributed by atoms with E-state index in [1.807, 2.05) is 12.1 Å². The van der Waals surface area contributed by atoms with Crippen LogP contribution in [0.1, 0.15) is 6.42 Å². The highest BCUT2D eigenvalue weighted by molar-refractivity contribution is 5.71. The van der Waals surface area contributed by atoms with Crippen LogP contribution in [0.5, 0.6) is 17.2 Å². The van der Waals surface area contributed by atoms with Crippen molar-refractivity contribution >= 4 is 17.5 Å². The maximum atomic E-state index is 5.57. The highest BCUT2D eigenvalue weighted by Crippen LogP contribution is 2.40. The van der Waals surface area contributed by atoms with Gasteiger partial charge in [-0.25, -0.2) is 15.0 Å². The van der Waals surface area contributed by atoms with E-state index in [1.54, 1.807) is 39.7 Å². The highest BCUT2D eigenvalue weighted by atomic mass is 16.5. The maximum absolute atomic E-state index is 5.57. The second-order valence-electron chi connectivity index (χ2n) is 6.14. The number of aromatic nitrogens is 4. The summed E-state index contributed by atoms with van der Waals surface area (Å²) in [6.45, 7) is 1.31. The second kappa shape index (κ2) is 10.2. The van der Waals surface area contributed by atoms with Crippen LogP contribution in [0.3, 0.4) is 0 Å². The predicted molar refractivity (Wildman–Crippen MR) is 115 cm³/mol. The van der Waals surface area contributed by atoms with Gasteiger partial charge in [0.2, 0.25) is 11.7 Å². The van der Waals surface area contributed by atoms with Crippen molar-refractivity contribution in [3.8, 4) is 28.6 Å². The average molecular weight is 411 g/mol. The van der Waals surface area contributed by atoms with Gasteiger partial charge in [-0.05, 0) is 25.1 Å². The lowest BCUT2D eigenvalue weighted by atomic mass is 10.2. The maximum Gasteiger partial charge on any atom is 0.230 e. The Morgan fingerprint density at radius 2 is 1.77 bits per heavy atom. The van der Waals surface area contributed by atoms with Crippen LogP contribution in [0.4, 0.5) is 17.5 Å². The Morgan fingerprint density at radius 1 is 1.00 bits per heavy atom. The molecular formula is C20H25N7O3. The number of pyridine rings is 1. The number of hydrogen-bond acceptors (Lipinski definition) is 10. The van der Waals surface area contributed by atoms with E-state index < -0.39 is 0 Å². The smallest absolute Gasteiger partial charge is 0.230 e. The molecule has 0 aliphatic rings. The van der Waals surface area contributed by atoms with Gasteiger partial charge in [0.1, 0.15) is 12.1 Å². The number of benzene rings is 1. The number of methoxy groups -OCH3 is 3. The Hall–Kier alpha value is -3.66. The van der Waals surface area contributed by atoms with E-state index in [9.17, 15) is 0 Å². The van der Waals surface area contributed by atoms with E-state index in [1.165, 1.54) is 6.33 Å². The van der Waals surface area contributed by atoms with Crippen molar-refractivity contribution in [1.29, 1.82) is 0 Å². The number of ether oxygens (including phenoxy) is 3. The number of nitrogens with two attached hydrogens (primary N) is 1. The first-order valence-corrected chi connectivity index (χ1v) is 9.35. The van der Waals surface area contributed by atoms with Crippen LogP contribution in [-0.4, -0.2) is 54.4 Å². The quantitative estimate of drug-likeness (QED) is 0.428. The van der Waals surface area contributed by atoms with Crippen LogP contribution in [-0.2, 0) is 0 Å². The SMILES string of the molecule is COc1cc(Nc2ncnc(-c3cccnc3NCCCN)n2)cc(OC)c1OC. The van der Waals surface area contributed by atoms with Crippen LogP contribution in [0, 0.1) is 0 Å². The molecule has 0 fully saturated rings. The van der Waals surface area contributed by atoms with Gasteiger partial charge in [0.05, 0.1) is 26.9 Å². The molecule has 0 bridgehead atoms. The Balaban J connectivity index is 1.89. The fourth-order valence-electron chi connectivity index (χ4n) is 2.80. The molecule has 0 aliphatic carbocycles. The number of hydrogen-bond donors (Lipinski definition) is 3. The van der Waals surface area contributed by atoms with Gasteiger partial charge in [-0.1, -0.05) is 0 Å². The van der Waals surface area contributed by atoms with Crippen molar-refractivity contribution < 1.29 is 14.2 Å². The van der Waals surface area contributed by atoms with E-state index in [0.717, 1.165) is 12.0 Å². The molecule has 30 heavy (non-hydrogen) atoms. The van der Waals surface area contributed by atoms with Crippen molar-refractivity contribution in [3.05, 3.63) is 36.8 Å². The number of anilines is 3. The summed E-state index contributed by atoms with van der Waals surface area (Å²) in [5.74, 6) is 3.09. The van der Waals surface area contributed by atoms with Gasteiger partial charge in [0, 0.05) is 30.6 Å². The minimum Gasteiger partial charge on any atom is -0.493 e. The lowest BCUT2D eigenvalue weighted by Crippen LogP contribution is -2.10. The molecule has 2 aromatic heterocycles. The third-order valence-electron chi connectivity index (χ3n) is 4.21. The van der Waals surface area contributed by atoms with Crippen LogP contribution < -0.4 is 30.6 Å². The monoisotopic (exact) mass is 411 g/mol. The molecule has 0 radical (unpaired) electrons. The van der Waals surface area contributed by atoms with E-state index >= 15 is 0 Å². The van der Waals surface area contributed by atoms with Gasteiger partial charge < -0.3 is 30.6 Å². The Kier molecular flexibility index (Phi) is 7.17. The van der Waals surface area contributed by atoms with Gasteiger partial charge in [0.25, 0.3) is 0 Å². The highest BCUT2D eigenvalue weighted by Gasteiger charge is 2.15. The normalized spacial score (nSPS) is 10.4. The van der Waals surface area contributed by atoms with Crippen molar-refractivity contribution in [1.82, 2.24) is 19.9 Å². The largest absolute Gasteiger partial charge is 0.493 e. The second-order valence-corrected chi connectivity index (χ2v) is 6.14. The first kappa shape index (κ1) is 21.1. The van der Waals surface area contributed by atoms with Crippen LogP contribution in [0.25, 0.3) is 11.4 Å². The van der Waals surface area contributed by atoms with Crippen molar-refractivity contribution in [2.24, 2.45) is 5.73 Å². The minimum absolute atomic E-state index is 0.367. The summed E-state index contributed by atoms with van der Waals surface area (Å²) >= 11 is 0. The third kappa shape index (κ3) is 4.84. The molecule has 158 valence electrons. The molecule has 4 N–H and O–H groups in total. The summed E-state index contributed by atoms with van der Waals surface area (Å²) < 4.78 is 16.1. The van der Waals surface area contributed by atoms with Crippen LogP contribution in [0.2, 0.25) is 0 Å². The number of nitrogens with one attached hydrogen (secondary N) is 2. The van der Waals surface area contributed by atoms with Crippen molar-refractivity contribution in [2.45, 2.75) is 6.42 Å². The molecule has 0 amide bonds. The molecule has 1 aromatic carbocycles. The summed E-state index contributed by atoms with van der Waals surface area (Å²) in [5, 5.41) is 6.42. The van der Waals surface area contributed by atoms with Gasteiger partial charge >= 0.3 is 0 Å². The first-order valence-electron chi connectivity index (χ1n) is 9.35. The zero-order chi connectivity index (χ0) is 21.3. The fourth-order valence-corrected chi connectivity index (χ4v) is 2.80. The number of rotatable bonds is 10. The molecule has 0 saturated carbocycles. The lowest BCUT2D eigenvalue weighted by Gasteiger charge is -2.15. The molecule has 3 aromatic rings. The van der Waals surface area contributed by atoms with E-state index in [-0.39, 0.29) is 0 Å². The van der Waals surface area contributed by atoms with E-state index in [4.69, 9.17) is 19.9 Å². The summed E-state index contributed by atoms with van der Waals surface area (Å²) in [7, 11) is 4.67. The van der Waals surface area contributed by atoms with Crippen molar-refractivity contribution in [2.75, 3.05) is 45.1 Å². The lowest BCUT2D eigenvalue weighted by molar-refractivity contribution is 0.324. The molecule has 0 unspecified atom stereocenters. The molecule has 0 saturated heterocycles. The van der Waals surface area contributed by atoms with Gasteiger partial charge in [-0.2, -0.15) is 4.98 Å². The Morgan fingerprint density at radius 3 is 2.43 bits per heavy atom. The minimum atomic E-state index is 0.367. The molecule has 2 heterocycles. The van der Waals surface area contributed by atoms with Gasteiger partial charge in [-0.3, -0.25) is 0 Å². The van der Waals surface area contributed by atoms with Crippen molar-refractivity contribution in [3.63, 3.8) is 0 Å². The fraction of sp³-hybridized carbons (Fsp3) is 0.300. The van der Waals surface area contributed by atoms with Crippen LogP contribution >= 0.6 is 0 Å². The molecule has 0 atom stereocenters. The summed E-state index contributed by atoms with van der Waals surface area (Å²) in [6.07, 6.45) is 3.99. The Labute approximate surface area is 174 Å². The molecular weight excluding hydrogens is 386 g/mol. The summed E-state index contributed by atoms with van der Waals surface area (Å²) in [5.41, 5.74) is 7.01.